The third kappa shape index (κ3) is 3.91. The number of rotatable bonds is 5. The molecule has 0 spiro atoms. The van der Waals surface area contributed by atoms with Gasteiger partial charge in [0.05, 0.1) is 11.4 Å². The number of hydrogen-bond acceptors (Lipinski definition) is 3. The van der Waals surface area contributed by atoms with E-state index < -0.39 is 0 Å². The van der Waals surface area contributed by atoms with Crippen LogP contribution in [0.4, 0.5) is 17.2 Å². The van der Waals surface area contributed by atoms with E-state index >= 15 is 0 Å². The van der Waals surface area contributed by atoms with Crippen molar-refractivity contribution in [3.8, 4) is 44.5 Å². The molecule has 0 N–H and O–H groups in total. The van der Waals surface area contributed by atoms with E-state index in [4.69, 9.17) is 4.98 Å². The van der Waals surface area contributed by atoms with E-state index in [-0.39, 0.29) is 0 Å². The molecule has 3 nitrogen and oxygen atoms in total. The molecule has 45 heavy (non-hydrogen) atoms. The van der Waals surface area contributed by atoms with Gasteiger partial charge in [-0.25, -0.2) is 4.98 Å². The molecule has 2 aromatic heterocycles. The number of fused-ring (bicyclic) bond motifs is 4. The second-order valence-corrected chi connectivity index (χ2v) is 11.4. The minimum Gasteiger partial charge on any atom is -0.294 e. The van der Waals surface area contributed by atoms with Crippen molar-refractivity contribution in [2.75, 3.05) is 4.90 Å². The average molecular weight is 574 g/mol. The van der Waals surface area contributed by atoms with Crippen molar-refractivity contribution in [3.05, 3.63) is 164 Å². The Morgan fingerprint density at radius 1 is 0.400 bits per heavy atom. The van der Waals surface area contributed by atoms with Gasteiger partial charge in [0.2, 0.25) is 0 Å². The van der Waals surface area contributed by atoms with E-state index in [0.29, 0.717) is 0 Å². The summed E-state index contributed by atoms with van der Waals surface area (Å²) in [5, 5.41) is 4.98. The van der Waals surface area contributed by atoms with E-state index in [2.05, 4.69) is 131 Å². The Kier molecular flexibility index (Phi) is 5.82. The monoisotopic (exact) mass is 573 g/mol. The van der Waals surface area contributed by atoms with E-state index in [1.165, 1.54) is 66.1 Å². The van der Waals surface area contributed by atoms with Gasteiger partial charge in [0.15, 0.2) is 0 Å². The lowest BCUT2D eigenvalue weighted by molar-refractivity contribution is 1.17. The zero-order valence-electron chi connectivity index (χ0n) is 24.4. The van der Waals surface area contributed by atoms with Gasteiger partial charge < -0.3 is 0 Å². The van der Waals surface area contributed by atoms with Crippen LogP contribution in [0.15, 0.2) is 164 Å². The molecule has 0 atom stereocenters. The van der Waals surface area contributed by atoms with E-state index in [1.54, 1.807) is 0 Å². The first-order valence-corrected chi connectivity index (χ1v) is 15.3. The Balaban J connectivity index is 1.43. The zero-order valence-corrected chi connectivity index (χ0v) is 24.4. The smallest absolute Gasteiger partial charge is 0.137 e. The summed E-state index contributed by atoms with van der Waals surface area (Å²) in [6.45, 7) is 0. The van der Waals surface area contributed by atoms with Crippen LogP contribution in [0.2, 0.25) is 0 Å². The van der Waals surface area contributed by atoms with Crippen molar-refractivity contribution in [2.24, 2.45) is 0 Å². The Bertz CT molecular complexity index is 2220. The van der Waals surface area contributed by atoms with Crippen LogP contribution in [0, 0.1) is 0 Å². The molecule has 0 bridgehead atoms. The van der Waals surface area contributed by atoms with Gasteiger partial charge in [0.1, 0.15) is 5.82 Å². The van der Waals surface area contributed by atoms with Crippen molar-refractivity contribution >= 4 is 38.7 Å². The zero-order chi connectivity index (χ0) is 29.7. The number of anilines is 3. The van der Waals surface area contributed by atoms with Crippen LogP contribution in [-0.4, -0.2) is 9.97 Å². The predicted molar refractivity (Wildman–Crippen MR) is 187 cm³/mol. The SMILES string of the molecule is c1ccc(-c2c3c(c(-c4ccccc4)c4ccccc24)-c2ccc(N(c4ccncc4)c4ccccn4)c4cccc-3c24)cc1. The lowest BCUT2D eigenvalue weighted by Gasteiger charge is -2.26. The second-order valence-electron chi connectivity index (χ2n) is 11.4. The summed E-state index contributed by atoms with van der Waals surface area (Å²) in [6, 6.07) is 52.1. The lowest BCUT2D eigenvalue weighted by atomic mass is 9.82. The maximum Gasteiger partial charge on any atom is 0.137 e. The Morgan fingerprint density at radius 2 is 0.978 bits per heavy atom. The minimum atomic E-state index is 0.862. The summed E-state index contributed by atoms with van der Waals surface area (Å²) in [5.41, 5.74) is 12.2. The molecular weight excluding hydrogens is 546 g/mol. The number of aromatic nitrogens is 2. The van der Waals surface area contributed by atoms with Crippen LogP contribution in [0.5, 0.6) is 0 Å². The first-order valence-electron chi connectivity index (χ1n) is 15.3. The first kappa shape index (κ1) is 25.4. The molecule has 0 aliphatic heterocycles. The van der Waals surface area contributed by atoms with Gasteiger partial charge in [-0.2, -0.15) is 0 Å². The molecule has 9 rings (SSSR count). The molecule has 1 aliphatic carbocycles. The minimum absolute atomic E-state index is 0.862. The third-order valence-corrected chi connectivity index (χ3v) is 8.94. The Morgan fingerprint density at radius 3 is 1.60 bits per heavy atom. The fourth-order valence-corrected chi connectivity index (χ4v) is 7.16. The molecule has 0 unspecified atom stereocenters. The summed E-state index contributed by atoms with van der Waals surface area (Å²) in [6.07, 6.45) is 5.53. The average Bonchev–Trinajstić information content (AvgIpc) is 3.45. The Labute approximate surface area is 261 Å². The van der Waals surface area contributed by atoms with Gasteiger partial charge in [-0.15, -0.1) is 0 Å². The number of nitrogens with zero attached hydrogens (tertiary/aromatic N) is 3. The molecule has 8 aromatic rings. The van der Waals surface area contributed by atoms with Gasteiger partial charge >= 0.3 is 0 Å². The first-order chi connectivity index (χ1) is 22.4. The highest BCUT2D eigenvalue weighted by molar-refractivity contribution is 6.28. The highest BCUT2D eigenvalue weighted by atomic mass is 15.2. The summed E-state index contributed by atoms with van der Waals surface area (Å²) in [5.74, 6) is 0.862. The van der Waals surface area contributed by atoms with Crippen LogP contribution >= 0.6 is 0 Å². The predicted octanol–water partition coefficient (Wildman–Crippen LogP) is 11.2. The van der Waals surface area contributed by atoms with E-state index in [0.717, 1.165) is 17.2 Å². The quantitative estimate of drug-likeness (QED) is 0.205. The summed E-state index contributed by atoms with van der Waals surface area (Å²) in [7, 11) is 0. The molecule has 1 aliphatic rings. The molecule has 3 heteroatoms. The van der Waals surface area contributed by atoms with Gasteiger partial charge in [-0.1, -0.05) is 115 Å². The standard InChI is InChI=1S/C42H27N3/c1-3-12-28(13-4-1)38-31-16-7-8-17-32(31)39(29-14-5-2-6-15-29)42-35-21-22-36(33-18-11-19-34(40(33)35)41(38)42)45(30-23-26-43-27-24-30)37-20-9-10-25-44-37/h1-27H. The van der Waals surface area contributed by atoms with Gasteiger partial charge in [-0.3, -0.25) is 9.88 Å². The highest BCUT2D eigenvalue weighted by Gasteiger charge is 2.31. The van der Waals surface area contributed by atoms with Crippen LogP contribution < -0.4 is 4.90 Å². The van der Waals surface area contributed by atoms with Crippen LogP contribution in [0.1, 0.15) is 0 Å². The summed E-state index contributed by atoms with van der Waals surface area (Å²) < 4.78 is 0. The van der Waals surface area contributed by atoms with Crippen molar-refractivity contribution in [1.29, 1.82) is 0 Å². The van der Waals surface area contributed by atoms with Crippen molar-refractivity contribution < 1.29 is 0 Å². The topological polar surface area (TPSA) is 29.0 Å². The van der Waals surface area contributed by atoms with Crippen LogP contribution in [0.25, 0.3) is 66.1 Å². The molecular formula is C42H27N3. The molecule has 0 saturated carbocycles. The third-order valence-electron chi connectivity index (χ3n) is 8.94. The maximum absolute atomic E-state index is 4.79. The number of pyridine rings is 2. The fourth-order valence-electron chi connectivity index (χ4n) is 7.16. The molecule has 6 aromatic carbocycles. The van der Waals surface area contributed by atoms with Crippen molar-refractivity contribution in [2.45, 2.75) is 0 Å². The van der Waals surface area contributed by atoms with Gasteiger partial charge in [-0.05, 0) is 91.0 Å². The van der Waals surface area contributed by atoms with Gasteiger partial charge in [0, 0.05) is 24.0 Å². The van der Waals surface area contributed by atoms with E-state index in [9.17, 15) is 0 Å². The maximum atomic E-state index is 4.79. The number of hydrogen-bond donors (Lipinski definition) is 0. The summed E-state index contributed by atoms with van der Waals surface area (Å²) >= 11 is 0. The highest BCUT2D eigenvalue weighted by Crippen LogP contribution is 2.58. The fraction of sp³-hybridized carbons (Fsp3) is 0. The van der Waals surface area contributed by atoms with Gasteiger partial charge in [0.25, 0.3) is 0 Å². The molecule has 0 saturated heterocycles. The van der Waals surface area contributed by atoms with Crippen molar-refractivity contribution in [3.63, 3.8) is 0 Å². The summed E-state index contributed by atoms with van der Waals surface area (Å²) in [4.78, 5) is 11.3. The largest absolute Gasteiger partial charge is 0.294 e. The second kappa shape index (κ2) is 10.3. The number of benzene rings is 6. The normalized spacial score (nSPS) is 11.6. The lowest BCUT2D eigenvalue weighted by Crippen LogP contribution is -2.11. The van der Waals surface area contributed by atoms with Crippen molar-refractivity contribution in [1.82, 2.24) is 9.97 Å². The van der Waals surface area contributed by atoms with Crippen LogP contribution in [-0.2, 0) is 0 Å². The molecule has 2 heterocycles. The van der Waals surface area contributed by atoms with E-state index in [1.807, 2.05) is 42.9 Å². The Hall–Kier alpha value is -6.06. The molecule has 0 radical (unpaired) electrons. The molecule has 210 valence electrons. The molecule has 0 fully saturated rings. The van der Waals surface area contributed by atoms with Crippen LogP contribution in [0.3, 0.4) is 0 Å². The molecule has 0 amide bonds.